The van der Waals surface area contributed by atoms with Gasteiger partial charge >= 0.3 is 0 Å². The number of ether oxygens (including phenoxy) is 1. The third kappa shape index (κ3) is 6.98. The van der Waals surface area contributed by atoms with Crippen LogP contribution in [0.25, 0.3) is 0 Å². The summed E-state index contributed by atoms with van der Waals surface area (Å²) in [5.41, 5.74) is 1.14. The Morgan fingerprint density at radius 3 is 2.60 bits per heavy atom. The van der Waals surface area contributed by atoms with Crippen molar-refractivity contribution in [3.05, 3.63) is 35.6 Å². The summed E-state index contributed by atoms with van der Waals surface area (Å²) >= 11 is 0. The van der Waals surface area contributed by atoms with Gasteiger partial charge in [-0.2, -0.15) is 0 Å². The lowest BCUT2D eigenvalue weighted by atomic mass is 10.0. The minimum absolute atomic E-state index is 0.0716. The first-order chi connectivity index (χ1) is 9.77. The molecule has 0 spiro atoms. The summed E-state index contributed by atoms with van der Waals surface area (Å²) in [6, 6.07) is 7.00. The molecule has 0 aromatic heterocycles. The summed E-state index contributed by atoms with van der Waals surface area (Å²) in [4.78, 5) is 0. The molecule has 1 rings (SSSR count). The molecule has 0 aliphatic rings. The number of benzene rings is 1. The van der Waals surface area contributed by atoms with Gasteiger partial charge in [0.25, 0.3) is 0 Å². The predicted molar refractivity (Wildman–Crippen MR) is 79.2 cm³/mol. The van der Waals surface area contributed by atoms with E-state index in [0.717, 1.165) is 37.8 Å². The summed E-state index contributed by atoms with van der Waals surface area (Å²) in [6.07, 6.45) is 4.26. The monoisotopic (exact) mass is 283 g/mol. The Kier molecular flexibility index (Phi) is 9.20. The summed E-state index contributed by atoms with van der Waals surface area (Å²) in [5.74, 6) is -0.194. The minimum Gasteiger partial charge on any atom is -0.394 e. The van der Waals surface area contributed by atoms with E-state index in [4.69, 9.17) is 9.84 Å². The van der Waals surface area contributed by atoms with Gasteiger partial charge in [-0.1, -0.05) is 31.9 Å². The second-order valence-electron chi connectivity index (χ2n) is 4.89. The lowest BCUT2D eigenvalue weighted by Crippen LogP contribution is -2.23. The number of aliphatic hydroxyl groups is 1. The molecular weight excluding hydrogens is 257 g/mol. The fourth-order valence-corrected chi connectivity index (χ4v) is 2.11. The molecule has 1 atom stereocenters. The van der Waals surface area contributed by atoms with Crippen LogP contribution in [0.2, 0.25) is 0 Å². The highest BCUT2D eigenvalue weighted by Gasteiger charge is 2.10. The number of nitrogens with one attached hydrogen (secondary N) is 1. The highest BCUT2D eigenvalue weighted by Crippen LogP contribution is 2.19. The van der Waals surface area contributed by atoms with Crippen LogP contribution >= 0.6 is 0 Å². The molecule has 3 nitrogen and oxygen atoms in total. The number of halogens is 1. The maximum absolute atomic E-state index is 13.0. The molecule has 0 saturated heterocycles. The highest BCUT2D eigenvalue weighted by atomic mass is 19.1. The van der Waals surface area contributed by atoms with E-state index >= 15 is 0 Å². The van der Waals surface area contributed by atoms with Crippen LogP contribution in [-0.4, -0.2) is 31.5 Å². The molecular formula is C16H26FNO2. The summed E-state index contributed by atoms with van der Waals surface area (Å²) in [5, 5.41) is 12.1. The maximum atomic E-state index is 13.0. The van der Waals surface area contributed by atoms with Crippen LogP contribution in [0.4, 0.5) is 4.39 Å². The summed E-state index contributed by atoms with van der Waals surface area (Å²) < 4.78 is 18.2. The number of hydrogen-bond donors (Lipinski definition) is 2. The molecule has 1 aromatic rings. The zero-order valence-electron chi connectivity index (χ0n) is 12.3. The molecule has 0 bridgehead atoms. The SMILES string of the molecule is CCCCC(NCCCOCCO)c1ccc(F)cc1. The minimum atomic E-state index is -0.194. The second-order valence-corrected chi connectivity index (χ2v) is 4.89. The van der Waals surface area contributed by atoms with Gasteiger partial charge in [0.15, 0.2) is 0 Å². The Labute approximate surface area is 121 Å². The first kappa shape index (κ1) is 17.1. The van der Waals surface area contributed by atoms with E-state index in [-0.39, 0.29) is 18.5 Å². The molecule has 4 heteroatoms. The molecule has 0 radical (unpaired) electrons. The second kappa shape index (κ2) is 10.8. The standard InChI is InChI=1S/C16H26FNO2/c1-2-3-5-16(14-6-8-15(17)9-7-14)18-10-4-12-20-13-11-19/h6-9,16,18-19H,2-5,10-13H2,1H3. The number of hydrogen-bond acceptors (Lipinski definition) is 3. The first-order valence-corrected chi connectivity index (χ1v) is 7.45. The van der Waals surface area contributed by atoms with Crippen LogP contribution in [0.15, 0.2) is 24.3 Å². The van der Waals surface area contributed by atoms with Crippen LogP contribution in [-0.2, 0) is 4.74 Å². The molecule has 0 heterocycles. The van der Waals surface area contributed by atoms with Gasteiger partial charge < -0.3 is 15.2 Å². The van der Waals surface area contributed by atoms with Gasteiger partial charge in [0.05, 0.1) is 13.2 Å². The number of aliphatic hydroxyl groups excluding tert-OH is 1. The van der Waals surface area contributed by atoms with Gasteiger partial charge in [-0.05, 0) is 37.1 Å². The molecule has 0 aliphatic heterocycles. The van der Waals surface area contributed by atoms with Gasteiger partial charge in [-0.3, -0.25) is 0 Å². The molecule has 20 heavy (non-hydrogen) atoms. The molecule has 1 unspecified atom stereocenters. The average molecular weight is 283 g/mol. The Balaban J connectivity index is 2.37. The van der Waals surface area contributed by atoms with Crippen molar-refractivity contribution in [2.75, 3.05) is 26.4 Å². The lowest BCUT2D eigenvalue weighted by molar-refractivity contribution is 0.0903. The number of unbranched alkanes of at least 4 members (excludes halogenated alkanes) is 1. The van der Waals surface area contributed by atoms with E-state index in [1.54, 1.807) is 0 Å². The Morgan fingerprint density at radius 1 is 1.20 bits per heavy atom. The van der Waals surface area contributed by atoms with Gasteiger partial charge in [-0.15, -0.1) is 0 Å². The van der Waals surface area contributed by atoms with Crippen LogP contribution in [0.1, 0.15) is 44.2 Å². The predicted octanol–water partition coefficient (Wildman–Crippen LogP) is 3.05. The molecule has 1 aromatic carbocycles. The van der Waals surface area contributed by atoms with Gasteiger partial charge in [0.2, 0.25) is 0 Å². The first-order valence-electron chi connectivity index (χ1n) is 7.45. The van der Waals surface area contributed by atoms with Crippen molar-refractivity contribution in [1.29, 1.82) is 0 Å². The lowest BCUT2D eigenvalue weighted by Gasteiger charge is -2.19. The Hall–Kier alpha value is -0.970. The largest absolute Gasteiger partial charge is 0.394 e. The molecule has 0 amide bonds. The van der Waals surface area contributed by atoms with Crippen LogP contribution in [0, 0.1) is 5.82 Å². The van der Waals surface area contributed by atoms with Crippen LogP contribution in [0.5, 0.6) is 0 Å². The Bertz CT molecular complexity index is 343. The molecule has 0 aliphatic carbocycles. The topological polar surface area (TPSA) is 41.5 Å². The highest BCUT2D eigenvalue weighted by molar-refractivity contribution is 5.19. The van der Waals surface area contributed by atoms with Gasteiger partial charge in [-0.25, -0.2) is 4.39 Å². The molecule has 114 valence electrons. The third-order valence-electron chi connectivity index (χ3n) is 3.21. The van der Waals surface area contributed by atoms with E-state index in [2.05, 4.69) is 12.2 Å². The zero-order chi connectivity index (χ0) is 14.6. The normalized spacial score (nSPS) is 12.6. The summed E-state index contributed by atoms with van der Waals surface area (Å²) in [7, 11) is 0. The van der Waals surface area contributed by atoms with Crippen molar-refractivity contribution in [1.82, 2.24) is 5.32 Å². The molecule has 0 fully saturated rings. The molecule has 0 saturated carbocycles. The quantitative estimate of drug-likeness (QED) is 0.613. The van der Waals surface area contributed by atoms with E-state index in [9.17, 15) is 4.39 Å². The third-order valence-corrected chi connectivity index (χ3v) is 3.21. The van der Waals surface area contributed by atoms with Gasteiger partial charge in [0, 0.05) is 12.6 Å². The van der Waals surface area contributed by atoms with Crippen LogP contribution < -0.4 is 5.32 Å². The average Bonchev–Trinajstić information content (AvgIpc) is 2.47. The van der Waals surface area contributed by atoms with Crippen molar-refractivity contribution in [3.8, 4) is 0 Å². The van der Waals surface area contributed by atoms with Crippen molar-refractivity contribution in [2.45, 2.75) is 38.6 Å². The van der Waals surface area contributed by atoms with Crippen molar-refractivity contribution in [2.24, 2.45) is 0 Å². The fraction of sp³-hybridized carbons (Fsp3) is 0.625. The Morgan fingerprint density at radius 2 is 1.95 bits per heavy atom. The van der Waals surface area contributed by atoms with Crippen LogP contribution in [0.3, 0.4) is 0 Å². The van der Waals surface area contributed by atoms with Crippen molar-refractivity contribution in [3.63, 3.8) is 0 Å². The zero-order valence-corrected chi connectivity index (χ0v) is 12.3. The van der Waals surface area contributed by atoms with Gasteiger partial charge in [0.1, 0.15) is 5.82 Å². The summed E-state index contributed by atoms with van der Waals surface area (Å²) in [6.45, 7) is 4.15. The molecule has 2 N–H and O–H groups in total. The number of rotatable bonds is 11. The smallest absolute Gasteiger partial charge is 0.123 e. The fourth-order valence-electron chi connectivity index (χ4n) is 2.11. The van der Waals surface area contributed by atoms with E-state index in [1.807, 2.05) is 12.1 Å². The van der Waals surface area contributed by atoms with E-state index < -0.39 is 0 Å². The van der Waals surface area contributed by atoms with Crippen molar-refractivity contribution >= 4 is 0 Å². The maximum Gasteiger partial charge on any atom is 0.123 e. The van der Waals surface area contributed by atoms with E-state index in [1.165, 1.54) is 12.1 Å². The van der Waals surface area contributed by atoms with Crippen molar-refractivity contribution < 1.29 is 14.2 Å². The van der Waals surface area contributed by atoms with E-state index in [0.29, 0.717) is 13.2 Å².